The third-order valence-corrected chi connectivity index (χ3v) is 5.00. The average molecular weight is 451 g/mol. The van der Waals surface area contributed by atoms with Gasteiger partial charge in [-0.3, -0.25) is 4.79 Å². The van der Waals surface area contributed by atoms with E-state index in [1.54, 1.807) is 13.2 Å². The lowest BCUT2D eigenvalue weighted by Gasteiger charge is -2.11. The van der Waals surface area contributed by atoms with Crippen LogP contribution in [0.3, 0.4) is 0 Å². The number of methoxy groups -OCH3 is 1. The van der Waals surface area contributed by atoms with Crippen molar-refractivity contribution in [3.05, 3.63) is 88.6 Å². The summed E-state index contributed by atoms with van der Waals surface area (Å²) < 4.78 is 19.2. The van der Waals surface area contributed by atoms with E-state index in [1.165, 1.54) is 24.3 Å². The molecule has 144 valence electrons. The van der Waals surface area contributed by atoms with E-state index in [0.29, 0.717) is 22.5 Å². The number of nitrogens with one attached hydrogen (secondary N) is 1. The van der Waals surface area contributed by atoms with Crippen molar-refractivity contribution in [3.8, 4) is 17.0 Å². The standard InChI is InChI=1S/C23H16BrFN2O2/c1-29-18-9-2-14(3-10-18)22-13-20(19-12-15(24)4-11-21(19)27-22)23(28)26-17-7-5-16(25)6-8-17/h2-13H,1H3,(H,26,28). The number of carbonyl (C=O) groups is 1. The molecule has 0 unspecified atom stereocenters. The number of halogens is 2. The maximum atomic E-state index is 13.2. The monoisotopic (exact) mass is 450 g/mol. The van der Waals surface area contributed by atoms with Crippen LogP contribution in [0.25, 0.3) is 22.2 Å². The molecule has 0 saturated carbocycles. The Morgan fingerprint density at radius 3 is 2.41 bits per heavy atom. The summed E-state index contributed by atoms with van der Waals surface area (Å²) in [6.07, 6.45) is 0. The molecule has 0 aliphatic heterocycles. The minimum Gasteiger partial charge on any atom is -0.497 e. The smallest absolute Gasteiger partial charge is 0.256 e. The number of rotatable bonds is 4. The van der Waals surface area contributed by atoms with Gasteiger partial charge in [-0.25, -0.2) is 9.37 Å². The van der Waals surface area contributed by atoms with Gasteiger partial charge in [-0.05, 0) is 72.8 Å². The number of benzene rings is 3. The third-order valence-electron chi connectivity index (χ3n) is 4.50. The normalized spacial score (nSPS) is 10.7. The van der Waals surface area contributed by atoms with Crippen molar-refractivity contribution < 1.29 is 13.9 Å². The first kappa shape index (κ1) is 19.1. The van der Waals surface area contributed by atoms with Gasteiger partial charge in [0.1, 0.15) is 11.6 Å². The van der Waals surface area contributed by atoms with Crippen molar-refractivity contribution in [2.24, 2.45) is 0 Å². The molecule has 1 heterocycles. The summed E-state index contributed by atoms with van der Waals surface area (Å²) in [5.74, 6) is 0.0905. The fourth-order valence-corrected chi connectivity index (χ4v) is 3.39. The Bertz CT molecular complexity index is 1190. The first-order chi connectivity index (χ1) is 14.0. The largest absolute Gasteiger partial charge is 0.497 e. The minimum absolute atomic E-state index is 0.295. The maximum Gasteiger partial charge on any atom is 0.256 e. The van der Waals surface area contributed by atoms with Crippen LogP contribution < -0.4 is 10.1 Å². The lowest BCUT2D eigenvalue weighted by atomic mass is 10.0. The highest BCUT2D eigenvalue weighted by atomic mass is 79.9. The Morgan fingerprint density at radius 1 is 1.00 bits per heavy atom. The zero-order chi connectivity index (χ0) is 20.4. The van der Waals surface area contributed by atoms with E-state index >= 15 is 0 Å². The molecular weight excluding hydrogens is 435 g/mol. The third kappa shape index (κ3) is 4.12. The number of anilines is 1. The molecular formula is C23H16BrFN2O2. The number of aromatic nitrogens is 1. The van der Waals surface area contributed by atoms with Crippen LogP contribution in [0.1, 0.15) is 10.4 Å². The number of hydrogen-bond donors (Lipinski definition) is 1. The summed E-state index contributed by atoms with van der Waals surface area (Å²) in [6, 6.07) is 20.5. The van der Waals surface area contributed by atoms with Gasteiger partial charge in [-0.2, -0.15) is 0 Å². The molecule has 1 N–H and O–H groups in total. The molecule has 1 amide bonds. The number of carbonyl (C=O) groups excluding carboxylic acids is 1. The van der Waals surface area contributed by atoms with Gasteiger partial charge in [0.2, 0.25) is 0 Å². The van der Waals surface area contributed by atoms with E-state index in [-0.39, 0.29) is 11.7 Å². The zero-order valence-electron chi connectivity index (χ0n) is 15.4. The molecule has 29 heavy (non-hydrogen) atoms. The van der Waals surface area contributed by atoms with Crippen molar-refractivity contribution in [2.75, 3.05) is 12.4 Å². The molecule has 0 spiro atoms. The molecule has 4 rings (SSSR count). The fraction of sp³-hybridized carbons (Fsp3) is 0.0435. The number of amides is 1. The van der Waals surface area contributed by atoms with Gasteiger partial charge in [0, 0.05) is 21.1 Å². The molecule has 6 heteroatoms. The molecule has 4 aromatic rings. The number of hydrogen-bond acceptors (Lipinski definition) is 3. The number of fused-ring (bicyclic) bond motifs is 1. The number of pyridine rings is 1. The van der Waals surface area contributed by atoms with E-state index in [1.807, 2.05) is 42.5 Å². The first-order valence-electron chi connectivity index (χ1n) is 8.85. The summed E-state index contributed by atoms with van der Waals surface area (Å²) in [7, 11) is 1.61. The predicted molar refractivity (Wildman–Crippen MR) is 116 cm³/mol. The van der Waals surface area contributed by atoms with Crippen LogP contribution in [0.5, 0.6) is 5.75 Å². The summed E-state index contributed by atoms with van der Waals surface area (Å²) in [6.45, 7) is 0. The van der Waals surface area contributed by atoms with Gasteiger partial charge in [0.05, 0.1) is 23.9 Å². The molecule has 0 aliphatic carbocycles. The van der Waals surface area contributed by atoms with Gasteiger partial charge >= 0.3 is 0 Å². The summed E-state index contributed by atoms with van der Waals surface area (Å²) >= 11 is 3.45. The second-order valence-electron chi connectivity index (χ2n) is 6.41. The van der Waals surface area contributed by atoms with Gasteiger partial charge < -0.3 is 10.1 Å². The van der Waals surface area contributed by atoms with Crippen LogP contribution in [0.4, 0.5) is 10.1 Å². The van der Waals surface area contributed by atoms with Crippen molar-refractivity contribution in [3.63, 3.8) is 0 Å². The highest BCUT2D eigenvalue weighted by Crippen LogP contribution is 2.29. The number of nitrogens with zero attached hydrogens (tertiary/aromatic N) is 1. The molecule has 0 saturated heterocycles. The molecule has 0 fully saturated rings. The highest BCUT2D eigenvalue weighted by Gasteiger charge is 2.15. The topological polar surface area (TPSA) is 51.2 Å². The van der Waals surface area contributed by atoms with Crippen LogP contribution in [0.2, 0.25) is 0 Å². The second-order valence-corrected chi connectivity index (χ2v) is 7.32. The average Bonchev–Trinajstić information content (AvgIpc) is 2.74. The summed E-state index contributed by atoms with van der Waals surface area (Å²) in [5.41, 5.74) is 3.23. The molecule has 4 nitrogen and oxygen atoms in total. The van der Waals surface area contributed by atoms with Crippen LogP contribution in [-0.2, 0) is 0 Å². The Kier molecular flexibility index (Phi) is 5.27. The van der Waals surface area contributed by atoms with E-state index in [4.69, 9.17) is 9.72 Å². The highest BCUT2D eigenvalue weighted by molar-refractivity contribution is 9.10. The molecule has 1 aromatic heterocycles. The Morgan fingerprint density at radius 2 is 1.72 bits per heavy atom. The second kappa shape index (κ2) is 8.01. The van der Waals surface area contributed by atoms with Crippen LogP contribution in [0, 0.1) is 5.82 Å². The van der Waals surface area contributed by atoms with Crippen molar-refractivity contribution in [1.82, 2.24) is 4.98 Å². The van der Waals surface area contributed by atoms with E-state index < -0.39 is 0 Å². The zero-order valence-corrected chi connectivity index (χ0v) is 17.0. The first-order valence-corrected chi connectivity index (χ1v) is 9.64. The molecule has 0 atom stereocenters. The fourth-order valence-electron chi connectivity index (χ4n) is 3.03. The Balaban J connectivity index is 1.80. The summed E-state index contributed by atoms with van der Waals surface area (Å²) in [4.78, 5) is 17.8. The van der Waals surface area contributed by atoms with E-state index in [9.17, 15) is 9.18 Å². The quantitative estimate of drug-likeness (QED) is 0.410. The van der Waals surface area contributed by atoms with Crippen LogP contribution >= 0.6 is 15.9 Å². The van der Waals surface area contributed by atoms with Gasteiger partial charge in [-0.15, -0.1) is 0 Å². The van der Waals surface area contributed by atoms with Crippen LogP contribution in [-0.4, -0.2) is 18.0 Å². The van der Waals surface area contributed by atoms with Gasteiger partial charge in [-0.1, -0.05) is 15.9 Å². The van der Waals surface area contributed by atoms with E-state index in [0.717, 1.165) is 21.2 Å². The molecule has 0 radical (unpaired) electrons. The van der Waals surface area contributed by atoms with Gasteiger partial charge in [0.15, 0.2) is 0 Å². The molecule has 0 bridgehead atoms. The maximum absolute atomic E-state index is 13.2. The van der Waals surface area contributed by atoms with Crippen molar-refractivity contribution >= 4 is 38.4 Å². The van der Waals surface area contributed by atoms with E-state index in [2.05, 4.69) is 21.2 Å². The van der Waals surface area contributed by atoms with Crippen LogP contribution in [0.15, 0.2) is 77.3 Å². The van der Waals surface area contributed by atoms with Crippen molar-refractivity contribution in [2.45, 2.75) is 0 Å². The lowest BCUT2D eigenvalue weighted by molar-refractivity contribution is 0.102. The van der Waals surface area contributed by atoms with Crippen molar-refractivity contribution in [1.29, 1.82) is 0 Å². The van der Waals surface area contributed by atoms with Gasteiger partial charge in [0.25, 0.3) is 5.91 Å². The summed E-state index contributed by atoms with van der Waals surface area (Å²) in [5, 5.41) is 3.54. The minimum atomic E-state index is -0.358. The predicted octanol–water partition coefficient (Wildman–Crippen LogP) is 6.06. The molecule has 3 aromatic carbocycles. The SMILES string of the molecule is COc1ccc(-c2cc(C(=O)Nc3ccc(F)cc3)c3cc(Br)ccc3n2)cc1. The molecule has 0 aliphatic rings. The Hall–Kier alpha value is -3.25. The number of ether oxygens (including phenoxy) is 1. The Labute approximate surface area is 175 Å². The lowest BCUT2D eigenvalue weighted by Crippen LogP contribution is -2.13.